The third kappa shape index (κ3) is 9.51. The summed E-state index contributed by atoms with van der Waals surface area (Å²) in [6.45, 7) is 7.31. The van der Waals surface area contributed by atoms with Gasteiger partial charge in [-0.2, -0.15) is 0 Å². The first-order chi connectivity index (χ1) is 17.2. The molecule has 2 amide bonds. The van der Waals surface area contributed by atoms with Crippen molar-refractivity contribution in [3.05, 3.63) is 87.0 Å². The van der Waals surface area contributed by atoms with E-state index in [-0.39, 0.29) is 102 Å². The zero-order chi connectivity index (χ0) is 25.8. The number of rotatable bonds is 10. The molecule has 4 rings (SSSR count). The third-order valence-electron chi connectivity index (χ3n) is 6.60. The minimum absolute atomic E-state index is 0. The number of primary amides is 1. The van der Waals surface area contributed by atoms with E-state index < -0.39 is 17.9 Å². The van der Waals surface area contributed by atoms with E-state index in [1.807, 2.05) is 12.1 Å². The molecule has 0 aliphatic carbocycles. The Bertz CT molecular complexity index is 1120. The summed E-state index contributed by atoms with van der Waals surface area (Å²) in [5, 5.41) is 9.63. The van der Waals surface area contributed by atoms with E-state index in [1.54, 1.807) is 18.2 Å². The van der Waals surface area contributed by atoms with Crippen LogP contribution in [0.25, 0.3) is 0 Å². The van der Waals surface area contributed by atoms with Crippen LogP contribution in [0.4, 0.5) is 0 Å². The summed E-state index contributed by atoms with van der Waals surface area (Å²) < 4.78 is 11.9. The monoisotopic (exact) mass is 680 g/mol. The number of benzene rings is 2. The number of nitrogens with two attached hydrogens (primary N) is 1. The standard InChI is InChI=1S/C27H33N3O6.3CH3.Ce/c1-17-12-29(13-18(2)36-17)14-19-6-8-20(9-7-19)16-35-24-5-3-4-21-22(24)15-30(26(21)32)23(27(33)34)10-11-25(28)31;;;;/h3-9,17-18,23H,10-16H2,1-2H3,(H2,28,31)(H,33,34);3*1H3;/q;3*-1;+3/t17-,18+,23?;;;;. The smallest absolute Gasteiger partial charge is 0.489 e. The van der Waals surface area contributed by atoms with Crippen LogP contribution < -0.4 is 10.5 Å². The molecule has 1 unspecified atom stereocenters. The van der Waals surface area contributed by atoms with Crippen LogP contribution in [0.2, 0.25) is 0 Å². The Kier molecular flexibility index (Phi) is 16.2. The Balaban J connectivity index is 0.00000380. The maximum absolute atomic E-state index is 12.9. The zero-order valence-electron chi connectivity index (χ0n) is 24.2. The third-order valence-corrected chi connectivity index (χ3v) is 6.60. The Morgan fingerprint density at radius 3 is 2.23 bits per heavy atom. The molecule has 2 aliphatic heterocycles. The van der Waals surface area contributed by atoms with Crippen molar-refractivity contribution in [2.45, 2.75) is 64.6 Å². The van der Waals surface area contributed by atoms with Crippen LogP contribution in [0.3, 0.4) is 0 Å². The van der Waals surface area contributed by atoms with Gasteiger partial charge in [0, 0.05) is 37.2 Å². The molecule has 2 heterocycles. The van der Waals surface area contributed by atoms with Gasteiger partial charge in [-0.15, -0.1) is 0 Å². The Morgan fingerprint density at radius 1 is 1.05 bits per heavy atom. The Morgan fingerprint density at radius 2 is 1.65 bits per heavy atom. The van der Waals surface area contributed by atoms with Gasteiger partial charge in [0.25, 0.3) is 5.91 Å². The summed E-state index contributed by atoms with van der Waals surface area (Å²) in [5.74, 6) is -1.61. The fourth-order valence-electron chi connectivity index (χ4n) is 4.98. The molecule has 10 heteroatoms. The summed E-state index contributed by atoms with van der Waals surface area (Å²) in [6.07, 6.45) is 0.312. The average Bonchev–Trinajstić information content (AvgIpc) is 3.14. The summed E-state index contributed by atoms with van der Waals surface area (Å²) >= 11 is 0. The maximum Gasteiger partial charge on any atom is 3.00 e. The fourth-order valence-corrected chi connectivity index (χ4v) is 4.98. The average molecular weight is 681 g/mol. The first kappa shape index (κ1) is 37.9. The van der Waals surface area contributed by atoms with Crippen molar-refractivity contribution in [3.8, 4) is 5.75 Å². The zero-order valence-corrected chi connectivity index (χ0v) is 27.3. The first-order valence-electron chi connectivity index (χ1n) is 12.2. The van der Waals surface area contributed by atoms with Crippen LogP contribution in [0.15, 0.2) is 42.5 Å². The van der Waals surface area contributed by atoms with Crippen LogP contribution in [0.5, 0.6) is 5.75 Å². The van der Waals surface area contributed by atoms with Gasteiger partial charge in [-0.05, 0) is 43.5 Å². The number of morpholine rings is 1. The number of hydrogen-bond acceptors (Lipinski definition) is 6. The number of fused-ring (bicyclic) bond motifs is 1. The van der Waals surface area contributed by atoms with Crippen molar-refractivity contribution in [2.24, 2.45) is 5.73 Å². The fraction of sp³-hybridized carbons (Fsp3) is 0.400. The number of nitrogens with zero attached hydrogens (tertiary/aromatic N) is 2. The van der Waals surface area contributed by atoms with Gasteiger partial charge in [-0.3, -0.25) is 14.5 Å². The molecule has 0 spiro atoms. The molecule has 1 radical (unpaired) electrons. The molecule has 2 aromatic rings. The first-order valence-corrected chi connectivity index (χ1v) is 12.2. The number of ether oxygens (including phenoxy) is 2. The van der Waals surface area contributed by atoms with Gasteiger partial charge in [0.1, 0.15) is 18.4 Å². The van der Waals surface area contributed by atoms with Crippen LogP contribution in [-0.2, 0) is 34.0 Å². The van der Waals surface area contributed by atoms with Crippen molar-refractivity contribution in [1.82, 2.24) is 9.80 Å². The van der Waals surface area contributed by atoms with Crippen LogP contribution in [-0.4, -0.2) is 64.0 Å². The van der Waals surface area contributed by atoms with Crippen LogP contribution in [0, 0.1) is 64.0 Å². The molecule has 2 aliphatic rings. The second-order valence-corrected chi connectivity index (χ2v) is 9.63. The van der Waals surface area contributed by atoms with E-state index in [0.29, 0.717) is 23.5 Å². The van der Waals surface area contributed by atoms with Gasteiger partial charge in [-0.25, -0.2) is 4.79 Å². The molecule has 1 fully saturated rings. The Labute approximate surface area is 272 Å². The van der Waals surface area contributed by atoms with E-state index in [2.05, 4.69) is 30.9 Å². The minimum atomic E-state index is -1.17. The number of amides is 2. The predicted molar refractivity (Wildman–Crippen MR) is 151 cm³/mol. The topological polar surface area (TPSA) is 122 Å². The van der Waals surface area contributed by atoms with Gasteiger partial charge >= 0.3 is 47.7 Å². The second kappa shape index (κ2) is 17.0. The van der Waals surface area contributed by atoms with Gasteiger partial charge in [0.05, 0.1) is 18.8 Å². The van der Waals surface area contributed by atoms with Crippen LogP contribution in [0.1, 0.15) is 53.7 Å². The van der Waals surface area contributed by atoms with Crippen molar-refractivity contribution in [2.75, 3.05) is 13.1 Å². The quantitative estimate of drug-likeness (QED) is 0.365. The van der Waals surface area contributed by atoms with Gasteiger partial charge in [0.15, 0.2) is 0 Å². The molecular formula is C30H42CeN3O6. The number of carbonyl (C=O) groups is 3. The molecule has 1 saturated heterocycles. The summed E-state index contributed by atoms with van der Waals surface area (Å²) in [4.78, 5) is 39.6. The predicted octanol–water partition coefficient (Wildman–Crippen LogP) is 3.90. The van der Waals surface area contributed by atoms with Crippen molar-refractivity contribution in [1.29, 1.82) is 0 Å². The maximum atomic E-state index is 12.9. The summed E-state index contributed by atoms with van der Waals surface area (Å²) in [5.41, 5.74) is 8.46. The van der Waals surface area contributed by atoms with E-state index in [9.17, 15) is 19.5 Å². The Hall–Kier alpha value is -2.05. The molecule has 0 bridgehead atoms. The van der Waals surface area contributed by atoms with Gasteiger partial charge < -0.3 is 47.5 Å². The second-order valence-electron chi connectivity index (χ2n) is 9.63. The molecule has 3 N–H and O–H groups in total. The summed E-state index contributed by atoms with van der Waals surface area (Å²) in [6, 6.07) is 12.3. The molecule has 2 aromatic carbocycles. The largest absolute Gasteiger partial charge is 3.00 e. The number of hydrogen-bond donors (Lipinski definition) is 2. The minimum Gasteiger partial charge on any atom is -0.489 e. The van der Waals surface area contributed by atoms with E-state index in [1.165, 1.54) is 10.5 Å². The van der Waals surface area contributed by atoms with Crippen molar-refractivity contribution >= 4 is 17.8 Å². The summed E-state index contributed by atoms with van der Waals surface area (Å²) in [7, 11) is 0. The van der Waals surface area contributed by atoms with Gasteiger partial charge in [-0.1, -0.05) is 30.3 Å². The molecular weight excluding hydrogens is 638 g/mol. The SMILES string of the molecule is C[C@@H]1CN(Cc2ccc(COc3cccc4c3CN(C(CCC(N)=O)C(=O)O)C4=O)cc2)C[C@H](C)O1.[CH3-].[CH3-].[CH3-].[Ce+3]. The molecule has 3 atom stereocenters. The number of carbonyl (C=O) groups excluding carboxylic acids is 2. The molecule has 0 saturated carbocycles. The van der Waals surface area contributed by atoms with Gasteiger partial charge in [0.2, 0.25) is 5.91 Å². The molecule has 0 aromatic heterocycles. The van der Waals surface area contributed by atoms with Crippen molar-refractivity contribution < 1.29 is 70.7 Å². The van der Waals surface area contributed by atoms with E-state index >= 15 is 0 Å². The molecule has 40 heavy (non-hydrogen) atoms. The van der Waals surface area contributed by atoms with Crippen molar-refractivity contribution in [3.63, 3.8) is 0 Å². The normalized spacial score (nSPS) is 18.6. The van der Waals surface area contributed by atoms with Crippen LogP contribution >= 0.6 is 0 Å². The number of carboxylic acids is 1. The number of carboxylic acid groups (broad SMARTS) is 1. The van der Waals surface area contributed by atoms with E-state index in [4.69, 9.17) is 15.2 Å². The van der Waals surface area contributed by atoms with E-state index in [0.717, 1.165) is 25.2 Å². The molecule has 9 nitrogen and oxygen atoms in total. The number of aliphatic carboxylic acids is 1. The molecule has 217 valence electrons.